The zero-order chi connectivity index (χ0) is 16.9. The van der Waals surface area contributed by atoms with Crippen LogP contribution in [0.2, 0.25) is 0 Å². The number of piperidine rings is 1. The fourth-order valence-corrected chi connectivity index (χ4v) is 3.41. The summed E-state index contributed by atoms with van der Waals surface area (Å²) < 4.78 is 38.4. The van der Waals surface area contributed by atoms with Gasteiger partial charge in [0.25, 0.3) is 0 Å². The van der Waals surface area contributed by atoms with E-state index in [1.165, 1.54) is 12.1 Å². The van der Waals surface area contributed by atoms with Gasteiger partial charge in [-0.2, -0.15) is 24.9 Å². The first kappa shape index (κ1) is 18.3. The summed E-state index contributed by atoms with van der Waals surface area (Å²) in [6, 6.07) is 4.79. The first-order valence-electron chi connectivity index (χ1n) is 7.84. The van der Waals surface area contributed by atoms with Gasteiger partial charge in [0, 0.05) is 18.0 Å². The van der Waals surface area contributed by atoms with Gasteiger partial charge < -0.3 is 4.90 Å². The van der Waals surface area contributed by atoms with Crippen LogP contribution in [0.5, 0.6) is 0 Å². The van der Waals surface area contributed by atoms with Crippen molar-refractivity contribution in [1.82, 2.24) is 4.90 Å². The van der Waals surface area contributed by atoms with Crippen LogP contribution in [0.4, 0.5) is 13.2 Å². The third-order valence-electron chi connectivity index (χ3n) is 4.17. The smallest absolute Gasteiger partial charge is 0.303 e. The Hall–Kier alpha value is -1.01. The van der Waals surface area contributed by atoms with Crippen LogP contribution in [-0.4, -0.2) is 42.3 Å². The summed E-state index contributed by atoms with van der Waals surface area (Å²) in [7, 11) is 0. The summed E-state index contributed by atoms with van der Waals surface area (Å²) in [5.74, 6) is 0.732. The van der Waals surface area contributed by atoms with Crippen molar-refractivity contribution >= 4 is 17.5 Å². The highest BCUT2D eigenvalue weighted by atomic mass is 32.2. The van der Waals surface area contributed by atoms with Crippen molar-refractivity contribution in [2.75, 3.05) is 31.6 Å². The molecule has 1 saturated heterocycles. The van der Waals surface area contributed by atoms with E-state index in [1.807, 2.05) is 0 Å². The van der Waals surface area contributed by atoms with Gasteiger partial charge in [0.05, 0.1) is 5.56 Å². The van der Waals surface area contributed by atoms with Crippen molar-refractivity contribution in [2.45, 2.75) is 25.4 Å². The number of Topliss-reactive ketones (excluding diaryl/α,β-unsaturated/α-hetero) is 1. The first-order chi connectivity index (χ1) is 10.9. The Kier molecular flexibility index (Phi) is 6.53. The first-order valence-corrected chi connectivity index (χ1v) is 9.24. The number of carbonyl (C=O) groups excluding carboxylic acids is 1. The molecule has 2 rings (SSSR count). The summed E-state index contributed by atoms with van der Waals surface area (Å²) in [4.78, 5) is 14.8. The van der Waals surface area contributed by atoms with Crippen molar-refractivity contribution in [3.63, 3.8) is 0 Å². The molecule has 0 radical (unpaired) electrons. The number of halogens is 3. The molecule has 1 fully saturated rings. The monoisotopic (exact) mass is 345 g/mol. The minimum Gasteiger partial charge on any atom is -0.303 e. The lowest BCUT2D eigenvalue weighted by Gasteiger charge is -2.32. The quantitative estimate of drug-likeness (QED) is 0.565. The number of hydrogen-bond acceptors (Lipinski definition) is 3. The predicted octanol–water partition coefficient (Wildman–Crippen LogP) is 4.35. The number of benzene rings is 1. The molecule has 1 atom stereocenters. The number of alkyl halides is 3. The maximum absolute atomic E-state index is 12.8. The summed E-state index contributed by atoms with van der Waals surface area (Å²) in [5, 5.41) is 0. The minimum absolute atomic E-state index is 0.161. The van der Waals surface area contributed by atoms with Crippen LogP contribution >= 0.6 is 11.8 Å². The molecule has 1 aromatic carbocycles. The second-order valence-corrected chi connectivity index (χ2v) is 6.91. The molecule has 1 heterocycles. The molecule has 1 aliphatic rings. The van der Waals surface area contributed by atoms with Gasteiger partial charge in [-0.3, -0.25) is 4.79 Å². The number of likely N-dealkylation sites (tertiary alicyclic amines) is 1. The molecule has 0 aromatic heterocycles. The molecule has 128 valence electrons. The summed E-state index contributed by atoms with van der Waals surface area (Å²) >= 11 is 1.80. The van der Waals surface area contributed by atoms with Gasteiger partial charge in [0.15, 0.2) is 5.78 Å². The SMILES string of the molecule is CSCCCN1CCC[C@H](C(=O)c2cccc(C(F)(F)F)c2)C1. The van der Waals surface area contributed by atoms with E-state index in [9.17, 15) is 18.0 Å². The van der Waals surface area contributed by atoms with Crippen molar-refractivity contribution in [2.24, 2.45) is 5.92 Å². The van der Waals surface area contributed by atoms with Gasteiger partial charge in [-0.15, -0.1) is 0 Å². The average molecular weight is 345 g/mol. The Morgan fingerprint density at radius 3 is 2.87 bits per heavy atom. The van der Waals surface area contributed by atoms with E-state index < -0.39 is 11.7 Å². The molecule has 0 aliphatic carbocycles. The summed E-state index contributed by atoms with van der Waals surface area (Å²) in [5.41, 5.74) is -0.577. The van der Waals surface area contributed by atoms with Crippen molar-refractivity contribution in [1.29, 1.82) is 0 Å². The van der Waals surface area contributed by atoms with Gasteiger partial charge in [-0.1, -0.05) is 12.1 Å². The fourth-order valence-electron chi connectivity index (χ4n) is 2.99. The average Bonchev–Trinajstić information content (AvgIpc) is 2.54. The van der Waals surface area contributed by atoms with Crippen LogP contribution in [0.1, 0.15) is 35.2 Å². The van der Waals surface area contributed by atoms with E-state index >= 15 is 0 Å². The molecule has 6 heteroatoms. The molecule has 0 amide bonds. The fraction of sp³-hybridized carbons (Fsp3) is 0.588. The Balaban J connectivity index is 2.02. The minimum atomic E-state index is -4.41. The second-order valence-electron chi connectivity index (χ2n) is 5.93. The normalized spacial score (nSPS) is 19.7. The topological polar surface area (TPSA) is 20.3 Å². The zero-order valence-electron chi connectivity index (χ0n) is 13.2. The van der Waals surface area contributed by atoms with Gasteiger partial charge in [0.2, 0.25) is 0 Å². The molecule has 1 aromatic rings. The molecule has 23 heavy (non-hydrogen) atoms. The highest BCUT2D eigenvalue weighted by Gasteiger charge is 2.32. The highest BCUT2D eigenvalue weighted by molar-refractivity contribution is 7.98. The van der Waals surface area contributed by atoms with Gasteiger partial charge in [-0.05, 0) is 56.5 Å². The van der Waals surface area contributed by atoms with E-state index in [4.69, 9.17) is 0 Å². The molecule has 0 spiro atoms. The number of hydrogen-bond donors (Lipinski definition) is 0. The van der Waals surface area contributed by atoms with Crippen LogP contribution < -0.4 is 0 Å². The van der Waals surface area contributed by atoms with Gasteiger partial charge >= 0.3 is 6.18 Å². The third kappa shape index (κ3) is 5.24. The van der Waals surface area contributed by atoms with Crippen LogP contribution in [0.15, 0.2) is 24.3 Å². The standard InChI is InChI=1S/C17H22F3NOS/c1-23-10-4-9-21-8-3-6-14(12-21)16(22)13-5-2-7-15(11-13)17(18,19)20/h2,5,7,11,14H,3-4,6,8-10,12H2,1H3/t14-/m0/s1. The number of ketones is 1. The van der Waals surface area contributed by atoms with Crippen molar-refractivity contribution in [3.8, 4) is 0 Å². The number of nitrogens with zero attached hydrogens (tertiary/aromatic N) is 1. The largest absolute Gasteiger partial charge is 0.416 e. The Morgan fingerprint density at radius 2 is 2.17 bits per heavy atom. The summed E-state index contributed by atoms with van der Waals surface area (Å²) in [6.45, 7) is 2.58. The number of rotatable bonds is 6. The van der Waals surface area contributed by atoms with E-state index in [0.717, 1.165) is 50.2 Å². The molecule has 0 bridgehead atoms. The molecule has 0 N–H and O–H groups in total. The van der Waals surface area contributed by atoms with Crippen LogP contribution in [0.3, 0.4) is 0 Å². The predicted molar refractivity (Wildman–Crippen MR) is 87.9 cm³/mol. The van der Waals surface area contributed by atoms with Crippen LogP contribution in [-0.2, 0) is 6.18 Å². The van der Waals surface area contributed by atoms with E-state index in [1.54, 1.807) is 11.8 Å². The summed E-state index contributed by atoms with van der Waals surface area (Å²) in [6.07, 6.45) is 0.414. The Morgan fingerprint density at radius 1 is 1.39 bits per heavy atom. The van der Waals surface area contributed by atoms with Crippen molar-refractivity contribution in [3.05, 3.63) is 35.4 Å². The lowest BCUT2D eigenvalue weighted by atomic mass is 9.89. The molecular formula is C17H22F3NOS. The third-order valence-corrected chi connectivity index (χ3v) is 4.87. The van der Waals surface area contributed by atoms with Crippen LogP contribution in [0, 0.1) is 5.92 Å². The lowest BCUT2D eigenvalue weighted by molar-refractivity contribution is -0.137. The molecule has 0 saturated carbocycles. The number of carbonyl (C=O) groups is 1. The second kappa shape index (κ2) is 8.20. The maximum Gasteiger partial charge on any atom is 0.416 e. The highest BCUT2D eigenvalue weighted by Crippen LogP contribution is 2.30. The van der Waals surface area contributed by atoms with E-state index in [2.05, 4.69) is 11.2 Å². The Labute approximate surface area is 139 Å². The van der Waals surface area contributed by atoms with E-state index in [-0.39, 0.29) is 17.3 Å². The number of thioether (sulfide) groups is 1. The molecular weight excluding hydrogens is 323 g/mol. The molecule has 2 nitrogen and oxygen atoms in total. The van der Waals surface area contributed by atoms with Crippen LogP contribution in [0.25, 0.3) is 0 Å². The van der Waals surface area contributed by atoms with Gasteiger partial charge in [-0.25, -0.2) is 0 Å². The van der Waals surface area contributed by atoms with Gasteiger partial charge in [0.1, 0.15) is 0 Å². The lowest BCUT2D eigenvalue weighted by Crippen LogP contribution is -2.39. The molecule has 0 unspecified atom stereocenters. The Bertz CT molecular complexity index is 533. The maximum atomic E-state index is 12.8. The van der Waals surface area contributed by atoms with E-state index in [0.29, 0.717) is 6.54 Å². The van der Waals surface area contributed by atoms with Crippen molar-refractivity contribution < 1.29 is 18.0 Å². The molecule has 1 aliphatic heterocycles. The zero-order valence-corrected chi connectivity index (χ0v) is 14.1.